The van der Waals surface area contributed by atoms with Crippen LogP contribution in [0, 0.1) is 0 Å². The average Bonchev–Trinajstić information content (AvgIpc) is 3.04. The Labute approximate surface area is 143 Å². The molecule has 1 heterocycles. The first-order valence-corrected chi connectivity index (χ1v) is 7.42. The Morgan fingerprint density at radius 2 is 1.84 bits per heavy atom. The molecule has 1 aromatic heterocycles. The van der Waals surface area contributed by atoms with E-state index in [2.05, 4.69) is 0 Å². The molecule has 0 radical (unpaired) electrons. The third-order valence-electron chi connectivity index (χ3n) is 3.71. The molecular formula is C19H16O6. The van der Waals surface area contributed by atoms with E-state index >= 15 is 0 Å². The predicted octanol–water partition coefficient (Wildman–Crippen LogP) is 3.81. The van der Waals surface area contributed by atoms with Gasteiger partial charge in [-0.15, -0.1) is 0 Å². The monoisotopic (exact) mass is 340 g/mol. The Morgan fingerprint density at radius 3 is 2.52 bits per heavy atom. The van der Waals surface area contributed by atoms with Gasteiger partial charge >= 0.3 is 5.97 Å². The van der Waals surface area contributed by atoms with Crippen LogP contribution in [0.15, 0.2) is 40.8 Å². The summed E-state index contributed by atoms with van der Waals surface area (Å²) in [5.74, 6) is -0.0296. The van der Waals surface area contributed by atoms with E-state index in [0.717, 1.165) is 5.39 Å². The molecule has 6 heteroatoms. The van der Waals surface area contributed by atoms with E-state index in [4.69, 9.17) is 13.9 Å². The minimum absolute atomic E-state index is 0.180. The Morgan fingerprint density at radius 1 is 1.04 bits per heavy atom. The van der Waals surface area contributed by atoms with Gasteiger partial charge in [-0.05, 0) is 42.0 Å². The quantitative estimate of drug-likeness (QED) is 0.554. The summed E-state index contributed by atoms with van der Waals surface area (Å²) in [7, 11) is 2.76. The van der Waals surface area contributed by atoms with E-state index in [9.17, 15) is 15.0 Å². The lowest BCUT2D eigenvalue weighted by Crippen LogP contribution is -2.03. The van der Waals surface area contributed by atoms with Crippen molar-refractivity contribution in [2.75, 3.05) is 14.2 Å². The molecule has 0 unspecified atom stereocenters. The molecule has 3 rings (SSSR count). The second-order valence-electron chi connectivity index (χ2n) is 5.29. The lowest BCUT2D eigenvalue weighted by Gasteiger charge is -2.06. The third-order valence-corrected chi connectivity index (χ3v) is 3.71. The normalized spacial score (nSPS) is 11.1. The van der Waals surface area contributed by atoms with Crippen LogP contribution in [-0.4, -0.2) is 30.4 Å². The lowest BCUT2D eigenvalue weighted by atomic mass is 10.1. The Balaban J connectivity index is 1.99. The topological polar surface area (TPSA) is 89.1 Å². The molecule has 0 aliphatic rings. The smallest absolute Gasteiger partial charge is 0.341 e. The van der Waals surface area contributed by atoms with Crippen LogP contribution in [0.1, 0.15) is 21.7 Å². The number of benzene rings is 2. The summed E-state index contributed by atoms with van der Waals surface area (Å²) in [4.78, 5) is 11.8. The summed E-state index contributed by atoms with van der Waals surface area (Å²) >= 11 is 0. The van der Waals surface area contributed by atoms with Gasteiger partial charge in [0.15, 0.2) is 22.8 Å². The van der Waals surface area contributed by atoms with Gasteiger partial charge in [0, 0.05) is 5.39 Å². The van der Waals surface area contributed by atoms with Crippen molar-refractivity contribution in [2.45, 2.75) is 0 Å². The molecule has 0 fully saturated rings. The van der Waals surface area contributed by atoms with E-state index in [-0.39, 0.29) is 17.1 Å². The second-order valence-corrected chi connectivity index (χ2v) is 5.29. The number of methoxy groups -OCH3 is 2. The number of phenols is 2. The van der Waals surface area contributed by atoms with Crippen LogP contribution >= 0.6 is 0 Å². The van der Waals surface area contributed by atoms with E-state index in [0.29, 0.717) is 22.7 Å². The number of hydrogen-bond donors (Lipinski definition) is 2. The molecular weight excluding hydrogens is 324 g/mol. The minimum Gasteiger partial charge on any atom is -0.504 e. The summed E-state index contributed by atoms with van der Waals surface area (Å²) in [6.07, 6.45) is 3.44. The molecule has 0 saturated heterocycles. The number of fused-ring (bicyclic) bond motifs is 1. The number of carbonyl (C=O) groups is 1. The van der Waals surface area contributed by atoms with Gasteiger partial charge in [-0.1, -0.05) is 12.1 Å². The molecule has 6 nitrogen and oxygen atoms in total. The fourth-order valence-corrected chi connectivity index (χ4v) is 2.48. The SMILES string of the molecule is COC(=O)c1ccc2cc(/C=C/c3ccc(O)c(O)c3)oc2c1OC. The molecule has 0 aliphatic heterocycles. The van der Waals surface area contributed by atoms with Gasteiger partial charge in [-0.25, -0.2) is 4.79 Å². The third kappa shape index (κ3) is 3.14. The van der Waals surface area contributed by atoms with Gasteiger partial charge < -0.3 is 24.1 Å². The first kappa shape index (κ1) is 16.4. The molecule has 0 saturated carbocycles. The maximum Gasteiger partial charge on any atom is 0.341 e. The number of hydrogen-bond acceptors (Lipinski definition) is 6. The molecule has 0 spiro atoms. The van der Waals surface area contributed by atoms with Gasteiger partial charge in [0.2, 0.25) is 0 Å². The van der Waals surface area contributed by atoms with Crippen molar-refractivity contribution < 1.29 is 28.9 Å². The van der Waals surface area contributed by atoms with Crippen LogP contribution in [0.5, 0.6) is 17.2 Å². The van der Waals surface area contributed by atoms with Gasteiger partial charge in [-0.3, -0.25) is 0 Å². The lowest BCUT2D eigenvalue weighted by molar-refractivity contribution is 0.0597. The van der Waals surface area contributed by atoms with Crippen molar-refractivity contribution in [3.63, 3.8) is 0 Å². The zero-order chi connectivity index (χ0) is 18.0. The fraction of sp³-hybridized carbons (Fsp3) is 0.105. The molecule has 2 N–H and O–H groups in total. The van der Waals surface area contributed by atoms with Gasteiger partial charge in [0.1, 0.15) is 11.3 Å². The molecule has 2 aromatic carbocycles. The molecule has 0 atom stereocenters. The van der Waals surface area contributed by atoms with Crippen LogP contribution in [0.4, 0.5) is 0 Å². The number of rotatable bonds is 4. The number of ether oxygens (including phenoxy) is 2. The highest BCUT2D eigenvalue weighted by molar-refractivity contribution is 6.00. The first-order valence-electron chi connectivity index (χ1n) is 7.42. The van der Waals surface area contributed by atoms with E-state index < -0.39 is 5.97 Å². The Hall–Kier alpha value is -3.41. The average molecular weight is 340 g/mol. The first-order chi connectivity index (χ1) is 12.0. The summed E-state index contributed by atoms with van der Waals surface area (Å²) in [5.41, 5.74) is 1.42. The van der Waals surface area contributed by atoms with Crippen molar-refractivity contribution >= 4 is 29.1 Å². The van der Waals surface area contributed by atoms with Crippen LogP contribution in [0.3, 0.4) is 0 Å². The summed E-state index contributed by atoms with van der Waals surface area (Å²) in [5, 5.41) is 19.6. The summed E-state index contributed by atoms with van der Waals surface area (Å²) in [6, 6.07) is 9.66. The van der Waals surface area contributed by atoms with Crippen LogP contribution < -0.4 is 4.74 Å². The second kappa shape index (κ2) is 6.60. The zero-order valence-corrected chi connectivity index (χ0v) is 13.6. The molecule has 0 aliphatic carbocycles. The molecule has 0 bridgehead atoms. The molecule has 3 aromatic rings. The number of aromatic hydroxyl groups is 2. The van der Waals surface area contributed by atoms with Gasteiger partial charge in [-0.2, -0.15) is 0 Å². The van der Waals surface area contributed by atoms with Crippen molar-refractivity contribution in [3.05, 3.63) is 53.3 Å². The molecule has 0 amide bonds. The van der Waals surface area contributed by atoms with E-state index in [1.165, 1.54) is 26.4 Å². The Kier molecular flexibility index (Phi) is 4.35. The largest absolute Gasteiger partial charge is 0.504 e. The number of carbonyl (C=O) groups excluding carboxylic acids is 1. The van der Waals surface area contributed by atoms with Crippen molar-refractivity contribution in [1.82, 2.24) is 0 Å². The summed E-state index contributed by atoms with van der Waals surface area (Å²) in [6.45, 7) is 0. The van der Waals surface area contributed by atoms with Crippen LogP contribution in [-0.2, 0) is 4.74 Å². The minimum atomic E-state index is -0.508. The fourth-order valence-electron chi connectivity index (χ4n) is 2.48. The maximum atomic E-state index is 11.8. The van der Waals surface area contributed by atoms with Crippen molar-refractivity contribution in [1.29, 1.82) is 0 Å². The van der Waals surface area contributed by atoms with Crippen molar-refractivity contribution in [2.24, 2.45) is 0 Å². The highest BCUT2D eigenvalue weighted by Crippen LogP contribution is 2.33. The van der Waals surface area contributed by atoms with Crippen LogP contribution in [0.25, 0.3) is 23.1 Å². The number of phenolic OH excluding ortho intramolecular Hbond substituents is 2. The highest BCUT2D eigenvalue weighted by atomic mass is 16.5. The predicted molar refractivity (Wildman–Crippen MR) is 92.8 cm³/mol. The molecule has 128 valence electrons. The number of esters is 1. The Bertz CT molecular complexity index is 967. The van der Waals surface area contributed by atoms with Gasteiger partial charge in [0.25, 0.3) is 0 Å². The van der Waals surface area contributed by atoms with Crippen LogP contribution in [0.2, 0.25) is 0 Å². The van der Waals surface area contributed by atoms with Crippen molar-refractivity contribution in [3.8, 4) is 17.2 Å². The zero-order valence-electron chi connectivity index (χ0n) is 13.6. The van der Waals surface area contributed by atoms with E-state index in [1.54, 1.807) is 36.4 Å². The van der Waals surface area contributed by atoms with E-state index in [1.807, 2.05) is 0 Å². The number of furan rings is 1. The standard InChI is InChI=1S/C19H16O6/c1-23-18-14(19(22)24-2)7-5-12-10-13(25-17(12)18)6-3-11-4-8-15(20)16(21)9-11/h3-10,20-21H,1-2H3/b6-3+. The molecule has 25 heavy (non-hydrogen) atoms. The maximum absolute atomic E-state index is 11.8. The highest BCUT2D eigenvalue weighted by Gasteiger charge is 2.18. The van der Waals surface area contributed by atoms with Gasteiger partial charge in [0.05, 0.1) is 14.2 Å². The summed E-state index contributed by atoms with van der Waals surface area (Å²) < 4.78 is 15.8.